The molecule has 0 bridgehead atoms. The minimum absolute atomic E-state index is 0.899. The second-order valence-electron chi connectivity index (χ2n) is 2.72. The molecule has 0 aliphatic heterocycles. The number of nitrogens with zero attached hydrogens (tertiary/aromatic N) is 2. The molecule has 2 rings (SSSR count). The number of benzene rings is 1. The third-order valence-corrected chi connectivity index (χ3v) is 2.60. The number of para-hydroxylation sites is 2. The third-order valence-electron chi connectivity index (χ3n) is 1.93. The zero-order valence-electron chi connectivity index (χ0n) is 7.68. The van der Waals surface area contributed by atoms with E-state index < -0.39 is 0 Å². The summed E-state index contributed by atoms with van der Waals surface area (Å²) in [5, 5.41) is 2.66. The Kier molecular flexibility index (Phi) is 2.41. The fraction of sp³-hybridized carbons (Fsp3) is 0. The van der Waals surface area contributed by atoms with Gasteiger partial charge in [0.2, 0.25) is 0 Å². The van der Waals surface area contributed by atoms with Crippen molar-refractivity contribution in [2.75, 3.05) is 0 Å². The van der Waals surface area contributed by atoms with Crippen molar-refractivity contribution in [3.05, 3.63) is 42.8 Å². The largest absolute Gasteiger partial charge is 0.295 e. The molecule has 0 atom stereocenters. The van der Waals surface area contributed by atoms with E-state index in [1.807, 2.05) is 28.8 Å². The predicted molar refractivity (Wildman–Crippen MR) is 62.2 cm³/mol. The Labute approximate surface area is 87.0 Å². The summed E-state index contributed by atoms with van der Waals surface area (Å²) in [5.41, 5.74) is 2.06. The van der Waals surface area contributed by atoms with Crippen molar-refractivity contribution in [3.8, 4) is 0 Å². The molecule has 2 nitrogen and oxygen atoms in total. The van der Waals surface area contributed by atoms with Crippen LogP contribution in [0.25, 0.3) is 17.2 Å². The van der Waals surface area contributed by atoms with E-state index >= 15 is 0 Å². The topological polar surface area (TPSA) is 17.8 Å². The smallest absolute Gasteiger partial charge is 0.177 e. The molecule has 0 fully saturated rings. The Morgan fingerprint density at radius 2 is 2.07 bits per heavy atom. The van der Waals surface area contributed by atoms with Gasteiger partial charge in [-0.15, -0.1) is 0 Å². The first-order valence-corrected chi connectivity index (χ1v) is 5.12. The number of hydrogen-bond donors (Lipinski definition) is 0. The van der Waals surface area contributed by atoms with Gasteiger partial charge in [0.05, 0.1) is 11.0 Å². The molecule has 1 aromatic heterocycles. The molecule has 0 radical (unpaired) electrons. The summed E-state index contributed by atoms with van der Waals surface area (Å²) < 4.78 is 1.96. The van der Waals surface area contributed by atoms with Crippen molar-refractivity contribution < 1.29 is 0 Å². The minimum Gasteiger partial charge on any atom is -0.295 e. The van der Waals surface area contributed by atoms with E-state index in [4.69, 9.17) is 0 Å². The molecule has 0 aliphatic rings. The van der Waals surface area contributed by atoms with Gasteiger partial charge in [-0.05, 0) is 17.5 Å². The second kappa shape index (κ2) is 3.72. The maximum absolute atomic E-state index is 4.46. The summed E-state index contributed by atoms with van der Waals surface area (Å²) >= 11 is 1.50. The molecule has 1 heterocycles. The van der Waals surface area contributed by atoms with Gasteiger partial charge in [-0.25, -0.2) is 4.98 Å². The molecule has 2 aromatic rings. The van der Waals surface area contributed by atoms with Gasteiger partial charge in [0.15, 0.2) is 5.16 Å². The van der Waals surface area contributed by atoms with E-state index in [9.17, 15) is 0 Å². The van der Waals surface area contributed by atoms with Crippen LogP contribution in [0.2, 0.25) is 0 Å². The van der Waals surface area contributed by atoms with Crippen molar-refractivity contribution in [2.45, 2.75) is 5.16 Å². The normalized spacial score (nSPS) is 10.3. The summed E-state index contributed by atoms with van der Waals surface area (Å²) in [4.78, 5) is 4.46. The van der Waals surface area contributed by atoms with Crippen LogP contribution in [0.1, 0.15) is 0 Å². The molecule has 0 spiro atoms. The summed E-state index contributed by atoms with van der Waals surface area (Å²) in [6.45, 7) is 7.45. The molecule has 0 amide bonds. The number of thioether (sulfide) groups is 1. The van der Waals surface area contributed by atoms with Crippen molar-refractivity contribution in [1.29, 1.82) is 0 Å². The van der Waals surface area contributed by atoms with E-state index in [0.717, 1.165) is 16.2 Å². The molecule has 0 unspecified atom stereocenters. The van der Waals surface area contributed by atoms with Crippen molar-refractivity contribution >= 4 is 29.0 Å². The first kappa shape index (κ1) is 9.09. The Balaban J connectivity index is 2.71. The van der Waals surface area contributed by atoms with Gasteiger partial charge in [-0.1, -0.05) is 37.1 Å². The highest BCUT2D eigenvalue weighted by Gasteiger charge is 2.06. The Bertz CT molecular complexity index is 485. The number of imidazole rings is 1. The van der Waals surface area contributed by atoms with Gasteiger partial charge in [0, 0.05) is 6.20 Å². The fourth-order valence-corrected chi connectivity index (χ4v) is 1.94. The number of rotatable bonds is 3. The molecule has 0 saturated carbocycles. The highest BCUT2D eigenvalue weighted by atomic mass is 32.2. The molecular formula is C11H10N2S. The zero-order valence-corrected chi connectivity index (χ0v) is 8.50. The Morgan fingerprint density at radius 1 is 1.29 bits per heavy atom. The maximum atomic E-state index is 4.46. The predicted octanol–water partition coefficient (Wildman–Crippen LogP) is 3.37. The Hall–Kier alpha value is -1.48. The molecule has 0 N–H and O–H groups in total. The molecule has 0 saturated heterocycles. The molecule has 1 aromatic carbocycles. The molecular weight excluding hydrogens is 192 g/mol. The first-order chi connectivity index (χ1) is 6.86. The number of hydrogen-bond acceptors (Lipinski definition) is 2. The van der Waals surface area contributed by atoms with E-state index in [2.05, 4.69) is 18.1 Å². The van der Waals surface area contributed by atoms with Gasteiger partial charge in [-0.3, -0.25) is 4.57 Å². The van der Waals surface area contributed by atoms with E-state index in [1.165, 1.54) is 11.8 Å². The first-order valence-electron chi connectivity index (χ1n) is 4.24. The van der Waals surface area contributed by atoms with Crippen LogP contribution in [0.3, 0.4) is 0 Å². The molecule has 0 aliphatic carbocycles. The molecule has 70 valence electrons. The maximum Gasteiger partial charge on any atom is 0.177 e. The third kappa shape index (κ3) is 1.36. The van der Waals surface area contributed by atoms with Crippen molar-refractivity contribution in [3.63, 3.8) is 0 Å². The lowest BCUT2D eigenvalue weighted by Gasteiger charge is -1.98. The lowest BCUT2D eigenvalue weighted by Crippen LogP contribution is -1.86. The van der Waals surface area contributed by atoms with Crippen LogP contribution in [0.5, 0.6) is 0 Å². The zero-order chi connectivity index (χ0) is 9.97. The van der Waals surface area contributed by atoms with Crippen LogP contribution < -0.4 is 0 Å². The van der Waals surface area contributed by atoms with Crippen molar-refractivity contribution in [2.24, 2.45) is 0 Å². The average Bonchev–Trinajstić information content (AvgIpc) is 2.55. The van der Waals surface area contributed by atoms with E-state index in [0.29, 0.717) is 0 Å². The Morgan fingerprint density at radius 3 is 2.79 bits per heavy atom. The summed E-state index contributed by atoms with van der Waals surface area (Å²) in [6, 6.07) is 7.98. The van der Waals surface area contributed by atoms with Gasteiger partial charge >= 0.3 is 0 Å². The van der Waals surface area contributed by atoms with Crippen LogP contribution in [0.15, 0.2) is 48.0 Å². The van der Waals surface area contributed by atoms with Crippen LogP contribution in [-0.4, -0.2) is 9.55 Å². The lowest BCUT2D eigenvalue weighted by atomic mass is 10.3. The highest BCUT2D eigenvalue weighted by Crippen LogP contribution is 2.24. The molecule has 3 heteroatoms. The quantitative estimate of drug-likeness (QED) is 0.710. The second-order valence-corrected chi connectivity index (χ2v) is 3.65. The number of fused-ring (bicyclic) bond motifs is 1. The monoisotopic (exact) mass is 202 g/mol. The fourth-order valence-electron chi connectivity index (χ4n) is 1.36. The van der Waals surface area contributed by atoms with Gasteiger partial charge < -0.3 is 0 Å². The average molecular weight is 202 g/mol. The van der Waals surface area contributed by atoms with Gasteiger partial charge in [0.1, 0.15) is 0 Å². The summed E-state index contributed by atoms with van der Waals surface area (Å²) in [5.74, 6) is 0. The lowest BCUT2D eigenvalue weighted by molar-refractivity contribution is 0.973. The summed E-state index contributed by atoms with van der Waals surface area (Å²) in [6.07, 6.45) is 1.77. The highest BCUT2D eigenvalue weighted by molar-refractivity contribution is 8.02. The number of aromatic nitrogens is 2. The van der Waals surface area contributed by atoms with E-state index in [1.54, 1.807) is 11.6 Å². The molecule has 14 heavy (non-hydrogen) atoms. The van der Waals surface area contributed by atoms with Crippen LogP contribution in [-0.2, 0) is 0 Å². The van der Waals surface area contributed by atoms with Crippen LogP contribution in [0, 0.1) is 0 Å². The van der Waals surface area contributed by atoms with Gasteiger partial charge in [0.25, 0.3) is 0 Å². The van der Waals surface area contributed by atoms with Crippen molar-refractivity contribution in [1.82, 2.24) is 9.55 Å². The van der Waals surface area contributed by atoms with Crippen LogP contribution >= 0.6 is 11.8 Å². The standard InChI is InChI=1S/C11H10N2S/c1-3-13-10-8-6-5-7-9(10)12-11(13)14-4-2/h3-8H,1-2H2. The van der Waals surface area contributed by atoms with Gasteiger partial charge in [-0.2, -0.15) is 0 Å². The van der Waals surface area contributed by atoms with Crippen LogP contribution in [0.4, 0.5) is 0 Å². The van der Waals surface area contributed by atoms with E-state index in [-0.39, 0.29) is 0 Å². The minimum atomic E-state index is 0.899. The summed E-state index contributed by atoms with van der Waals surface area (Å²) in [7, 11) is 0. The SMILES string of the molecule is C=CSc1nc2ccccc2n1C=C.